The molecular formula is C17H27NO. The molecule has 1 aromatic rings. The maximum absolute atomic E-state index is 5.64. The fourth-order valence-corrected chi connectivity index (χ4v) is 2.95. The quantitative estimate of drug-likeness (QED) is 0.745. The van der Waals surface area contributed by atoms with Crippen molar-refractivity contribution < 1.29 is 4.74 Å². The van der Waals surface area contributed by atoms with Gasteiger partial charge in [0.2, 0.25) is 0 Å². The van der Waals surface area contributed by atoms with Gasteiger partial charge < -0.3 is 10.1 Å². The van der Waals surface area contributed by atoms with E-state index in [1.165, 1.54) is 44.1 Å². The number of benzene rings is 1. The molecule has 2 rings (SSSR count). The number of para-hydroxylation sites is 1. The third-order valence-corrected chi connectivity index (χ3v) is 4.04. The van der Waals surface area contributed by atoms with Crippen LogP contribution in [-0.4, -0.2) is 13.2 Å². The van der Waals surface area contributed by atoms with E-state index in [1.807, 2.05) is 13.0 Å². The van der Waals surface area contributed by atoms with Gasteiger partial charge in [-0.2, -0.15) is 0 Å². The SMILES string of the molecule is CCOc1ccccc1CNCCC1CCCCC1. The van der Waals surface area contributed by atoms with Gasteiger partial charge in [-0.15, -0.1) is 0 Å². The third kappa shape index (κ3) is 4.87. The summed E-state index contributed by atoms with van der Waals surface area (Å²) in [6.45, 7) is 4.82. The Morgan fingerprint density at radius 1 is 1.16 bits per heavy atom. The van der Waals surface area contributed by atoms with Gasteiger partial charge in [0.15, 0.2) is 0 Å². The highest BCUT2D eigenvalue weighted by atomic mass is 16.5. The van der Waals surface area contributed by atoms with Crippen LogP contribution in [-0.2, 0) is 6.54 Å². The molecule has 1 aromatic carbocycles. The normalized spacial score (nSPS) is 16.5. The van der Waals surface area contributed by atoms with Crippen molar-refractivity contribution in [1.29, 1.82) is 0 Å². The first-order chi connectivity index (χ1) is 9.40. The average Bonchev–Trinajstić information content (AvgIpc) is 2.47. The minimum absolute atomic E-state index is 0.735. The molecule has 1 fully saturated rings. The van der Waals surface area contributed by atoms with Gasteiger partial charge in [-0.05, 0) is 31.9 Å². The molecule has 1 aliphatic rings. The van der Waals surface area contributed by atoms with Crippen LogP contribution >= 0.6 is 0 Å². The number of rotatable bonds is 7. The van der Waals surface area contributed by atoms with Gasteiger partial charge in [0.25, 0.3) is 0 Å². The van der Waals surface area contributed by atoms with E-state index < -0.39 is 0 Å². The van der Waals surface area contributed by atoms with Crippen molar-refractivity contribution in [3.8, 4) is 5.75 Å². The van der Waals surface area contributed by atoms with Crippen LogP contribution in [0.4, 0.5) is 0 Å². The van der Waals surface area contributed by atoms with Gasteiger partial charge in [0, 0.05) is 12.1 Å². The van der Waals surface area contributed by atoms with Crippen LogP contribution in [0, 0.1) is 5.92 Å². The highest BCUT2D eigenvalue weighted by Crippen LogP contribution is 2.25. The van der Waals surface area contributed by atoms with Gasteiger partial charge in [-0.3, -0.25) is 0 Å². The molecule has 106 valence electrons. The van der Waals surface area contributed by atoms with Gasteiger partial charge in [0.1, 0.15) is 5.75 Å². The van der Waals surface area contributed by atoms with Crippen molar-refractivity contribution in [2.75, 3.05) is 13.2 Å². The summed E-state index contributed by atoms with van der Waals surface area (Å²) in [6.07, 6.45) is 8.55. The van der Waals surface area contributed by atoms with Crippen LogP contribution in [0.3, 0.4) is 0 Å². The Bertz CT molecular complexity index is 358. The zero-order valence-electron chi connectivity index (χ0n) is 12.2. The summed E-state index contributed by atoms with van der Waals surface area (Å²) in [5.74, 6) is 1.98. The van der Waals surface area contributed by atoms with E-state index in [0.29, 0.717) is 0 Å². The zero-order chi connectivity index (χ0) is 13.3. The Morgan fingerprint density at radius 3 is 2.74 bits per heavy atom. The standard InChI is InChI=1S/C17H27NO/c1-2-19-17-11-7-6-10-16(17)14-18-13-12-15-8-4-3-5-9-15/h6-7,10-11,15,18H,2-5,8-9,12-14H2,1H3. The molecule has 19 heavy (non-hydrogen) atoms. The predicted octanol–water partition coefficient (Wildman–Crippen LogP) is 4.15. The number of nitrogens with one attached hydrogen (secondary N) is 1. The van der Waals surface area contributed by atoms with Crippen molar-refractivity contribution in [3.05, 3.63) is 29.8 Å². The molecule has 0 aliphatic heterocycles. The maximum Gasteiger partial charge on any atom is 0.123 e. The summed E-state index contributed by atoms with van der Waals surface area (Å²) in [6, 6.07) is 8.33. The Kier molecular flexibility index (Phi) is 6.22. The van der Waals surface area contributed by atoms with Crippen LogP contribution in [0.15, 0.2) is 24.3 Å². The Balaban J connectivity index is 1.70. The molecular weight excluding hydrogens is 234 g/mol. The molecule has 1 saturated carbocycles. The van der Waals surface area contributed by atoms with Crippen LogP contribution in [0.2, 0.25) is 0 Å². The molecule has 0 aromatic heterocycles. The lowest BCUT2D eigenvalue weighted by Crippen LogP contribution is -2.19. The number of hydrogen-bond donors (Lipinski definition) is 1. The minimum atomic E-state index is 0.735. The predicted molar refractivity (Wildman–Crippen MR) is 80.5 cm³/mol. The topological polar surface area (TPSA) is 21.3 Å². The van der Waals surface area contributed by atoms with E-state index >= 15 is 0 Å². The molecule has 0 atom stereocenters. The smallest absolute Gasteiger partial charge is 0.123 e. The third-order valence-electron chi connectivity index (χ3n) is 4.04. The molecule has 0 unspecified atom stereocenters. The van der Waals surface area contributed by atoms with Crippen LogP contribution in [0.1, 0.15) is 51.0 Å². The number of hydrogen-bond acceptors (Lipinski definition) is 2. The first-order valence-corrected chi connectivity index (χ1v) is 7.81. The van der Waals surface area contributed by atoms with Gasteiger partial charge in [-0.25, -0.2) is 0 Å². The van der Waals surface area contributed by atoms with Crippen LogP contribution in [0.25, 0.3) is 0 Å². The molecule has 0 radical (unpaired) electrons. The van der Waals surface area contributed by atoms with E-state index in [1.54, 1.807) is 0 Å². The summed E-state index contributed by atoms with van der Waals surface area (Å²) in [5, 5.41) is 3.57. The molecule has 0 bridgehead atoms. The summed E-state index contributed by atoms with van der Waals surface area (Å²) in [4.78, 5) is 0. The first kappa shape index (κ1) is 14.4. The Morgan fingerprint density at radius 2 is 1.95 bits per heavy atom. The van der Waals surface area contributed by atoms with Gasteiger partial charge in [-0.1, -0.05) is 50.3 Å². The fourth-order valence-electron chi connectivity index (χ4n) is 2.95. The molecule has 0 spiro atoms. The van der Waals surface area contributed by atoms with Crippen molar-refractivity contribution in [1.82, 2.24) is 5.32 Å². The Hall–Kier alpha value is -1.02. The van der Waals surface area contributed by atoms with Crippen LogP contribution in [0.5, 0.6) is 5.75 Å². The maximum atomic E-state index is 5.64. The Labute approximate surface area is 117 Å². The first-order valence-electron chi connectivity index (χ1n) is 7.81. The second kappa shape index (κ2) is 8.21. The molecule has 0 saturated heterocycles. The van der Waals surface area contributed by atoms with E-state index in [9.17, 15) is 0 Å². The largest absolute Gasteiger partial charge is 0.494 e. The average molecular weight is 261 g/mol. The minimum Gasteiger partial charge on any atom is -0.494 e. The second-order valence-corrected chi connectivity index (χ2v) is 5.51. The summed E-state index contributed by atoms with van der Waals surface area (Å²) >= 11 is 0. The van der Waals surface area contributed by atoms with E-state index in [0.717, 1.165) is 31.4 Å². The molecule has 1 N–H and O–H groups in total. The molecule has 2 heteroatoms. The molecule has 2 nitrogen and oxygen atoms in total. The lowest BCUT2D eigenvalue weighted by molar-refractivity contribution is 0.328. The van der Waals surface area contributed by atoms with Gasteiger partial charge in [0.05, 0.1) is 6.61 Å². The van der Waals surface area contributed by atoms with Crippen LogP contribution < -0.4 is 10.1 Å². The summed E-state index contributed by atoms with van der Waals surface area (Å²) < 4.78 is 5.64. The highest BCUT2D eigenvalue weighted by molar-refractivity contribution is 5.33. The monoisotopic (exact) mass is 261 g/mol. The van der Waals surface area contributed by atoms with Crippen molar-refractivity contribution >= 4 is 0 Å². The molecule has 0 heterocycles. The molecule has 1 aliphatic carbocycles. The van der Waals surface area contributed by atoms with Crippen molar-refractivity contribution in [2.24, 2.45) is 5.92 Å². The van der Waals surface area contributed by atoms with E-state index in [4.69, 9.17) is 4.74 Å². The molecule has 0 amide bonds. The van der Waals surface area contributed by atoms with E-state index in [2.05, 4.69) is 23.5 Å². The van der Waals surface area contributed by atoms with Crippen molar-refractivity contribution in [3.63, 3.8) is 0 Å². The fraction of sp³-hybridized carbons (Fsp3) is 0.647. The summed E-state index contributed by atoms with van der Waals surface area (Å²) in [7, 11) is 0. The summed E-state index contributed by atoms with van der Waals surface area (Å²) in [5.41, 5.74) is 1.27. The second-order valence-electron chi connectivity index (χ2n) is 5.51. The van der Waals surface area contributed by atoms with E-state index in [-0.39, 0.29) is 0 Å². The highest BCUT2D eigenvalue weighted by Gasteiger charge is 2.12. The van der Waals surface area contributed by atoms with Crippen molar-refractivity contribution in [2.45, 2.75) is 52.0 Å². The van der Waals surface area contributed by atoms with Gasteiger partial charge >= 0.3 is 0 Å². The number of ether oxygens (including phenoxy) is 1. The lowest BCUT2D eigenvalue weighted by Gasteiger charge is -2.21. The zero-order valence-corrected chi connectivity index (χ0v) is 12.2. The lowest BCUT2D eigenvalue weighted by atomic mass is 9.87.